The summed E-state index contributed by atoms with van der Waals surface area (Å²) in [6.07, 6.45) is 4.75. The molecule has 0 spiro atoms. The first-order chi connectivity index (χ1) is 10.1. The maximum absolute atomic E-state index is 11.4. The highest BCUT2D eigenvalue weighted by Crippen LogP contribution is 2.02. The number of urea groups is 1. The van der Waals surface area contributed by atoms with Crippen LogP contribution in [0.3, 0.4) is 0 Å². The number of nitrogens with zero attached hydrogens (tertiary/aromatic N) is 2. The van der Waals surface area contributed by atoms with Crippen molar-refractivity contribution in [3.63, 3.8) is 0 Å². The van der Waals surface area contributed by atoms with E-state index in [2.05, 4.69) is 34.8 Å². The second kappa shape index (κ2) is 9.20. The van der Waals surface area contributed by atoms with E-state index < -0.39 is 0 Å². The largest absolute Gasteiger partial charge is 0.355 e. The van der Waals surface area contributed by atoms with Gasteiger partial charge in [-0.2, -0.15) is 0 Å². The Labute approximate surface area is 126 Å². The summed E-state index contributed by atoms with van der Waals surface area (Å²) in [4.78, 5) is 28.2. The molecule has 3 N–H and O–H groups in total. The normalized spacial score (nSPS) is 16.9. The van der Waals surface area contributed by atoms with Crippen molar-refractivity contribution in [1.29, 1.82) is 0 Å². The van der Waals surface area contributed by atoms with Crippen LogP contribution in [-0.4, -0.2) is 55.5 Å². The Morgan fingerprint density at radius 2 is 2.19 bits per heavy atom. The van der Waals surface area contributed by atoms with Crippen LogP contribution in [0, 0.1) is 0 Å². The van der Waals surface area contributed by atoms with Crippen LogP contribution < -0.4 is 16.0 Å². The molecule has 1 heterocycles. The topological polar surface area (TPSA) is 85.8 Å². The van der Waals surface area contributed by atoms with E-state index in [-0.39, 0.29) is 18.5 Å². The van der Waals surface area contributed by atoms with Crippen LogP contribution in [-0.2, 0) is 4.79 Å². The molecule has 7 nitrogen and oxygen atoms in total. The maximum atomic E-state index is 11.4. The Morgan fingerprint density at radius 1 is 1.43 bits per heavy atom. The van der Waals surface area contributed by atoms with Gasteiger partial charge in [-0.15, -0.1) is 0 Å². The van der Waals surface area contributed by atoms with Crippen molar-refractivity contribution in [2.45, 2.75) is 45.6 Å². The first-order valence-electron chi connectivity index (χ1n) is 7.63. The maximum Gasteiger partial charge on any atom is 0.324 e. The number of imide groups is 1. The zero-order valence-electron chi connectivity index (χ0n) is 13.2. The minimum absolute atomic E-state index is 0.0975. The van der Waals surface area contributed by atoms with Gasteiger partial charge in [-0.3, -0.25) is 14.7 Å². The molecule has 0 aromatic heterocycles. The minimum atomic E-state index is -0.322. The fourth-order valence-electron chi connectivity index (χ4n) is 2.17. The van der Waals surface area contributed by atoms with Crippen LogP contribution in [0.25, 0.3) is 0 Å². The standard InChI is InChI=1S/C14H27N5O2/c1-4-5-6-7-11(2)18-13(15-3)16-8-9-19-12(20)10-17-14(19)21/h11H,4-10H2,1-3H3,(H,17,21)(H2,15,16,18). The third-order valence-corrected chi connectivity index (χ3v) is 3.41. The number of unbranched alkanes of at least 4 members (excludes halogenated alkanes) is 2. The molecule has 0 radical (unpaired) electrons. The van der Waals surface area contributed by atoms with Gasteiger partial charge in [0.15, 0.2) is 5.96 Å². The fraction of sp³-hybridized carbons (Fsp3) is 0.786. The number of amides is 3. The van der Waals surface area contributed by atoms with Gasteiger partial charge in [-0.1, -0.05) is 26.2 Å². The number of carbonyl (C=O) groups excluding carboxylic acids is 2. The van der Waals surface area contributed by atoms with Crippen molar-refractivity contribution in [2.24, 2.45) is 4.99 Å². The Kier molecular flexibility index (Phi) is 7.56. The Bertz CT molecular complexity index is 368. The number of carbonyl (C=O) groups is 2. The monoisotopic (exact) mass is 297 g/mol. The second-order valence-electron chi connectivity index (χ2n) is 5.24. The van der Waals surface area contributed by atoms with Crippen LogP contribution in [0.1, 0.15) is 39.5 Å². The molecule has 3 amide bonds. The molecule has 0 bridgehead atoms. The predicted molar refractivity (Wildman–Crippen MR) is 83.2 cm³/mol. The third kappa shape index (κ3) is 6.01. The number of aliphatic imine (C=N–C) groups is 1. The summed E-state index contributed by atoms with van der Waals surface area (Å²) in [5, 5.41) is 8.93. The van der Waals surface area contributed by atoms with E-state index in [1.807, 2.05) is 0 Å². The van der Waals surface area contributed by atoms with Gasteiger partial charge in [0.05, 0.1) is 6.54 Å². The molecule has 0 aliphatic carbocycles. The van der Waals surface area contributed by atoms with E-state index in [4.69, 9.17) is 0 Å². The summed E-state index contributed by atoms with van der Waals surface area (Å²) in [5.41, 5.74) is 0. The summed E-state index contributed by atoms with van der Waals surface area (Å²) < 4.78 is 0. The molecule has 0 saturated carbocycles. The van der Waals surface area contributed by atoms with Gasteiger partial charge < -0.3 is 16.0 Å². The summed E-state index contributed by atoms with van der Waals surface area (Å²) in [5.74, 6) is 0.517. The first-order valence-corrected chi connectivity index (χ1v) is 7.63. The summed E-state index contributed by atoms with van der Waals surface area (Å²) in [6, 6.07) is 0.0251. The van der Waals surface area contributed by atoms with Crippen molar-refractivity contribution in [1.82, 2.24) is 20.9 Å². The lowest BCUT2D eigenvalue weighted by atomic mass is 10.1. The lowest BCUT2D eigenvalue weighted by molar-refractivity contribution is -0.124. The molecule has 1 fully saturated rings. The lowest BCUT2D eigenvalue weighted by Gasteiger charge is -2.19. The molecule has 0 aromatic carbocycles. The number of hydrogen-bond acceptors (Lipinski definition) is 3. The molecule has 1 rings (SSSR count). The predicted octanol–water partition coefficient (Wildman–Crippen LogP) is 0.672. The van der Waals surface area contributed by atoms with Crippen molar-refractivity contribution in [2.75, 3.05) is 26.7 Å². The van der Waals surface area contributed by atoms with Gasteiger partial charge in [0.2, 0.25) is 5.91 Å². The van der Waals surface area contributed by atoms with E-state index >= 15 is 0 Å². The van der Waals surface area contributed by atoms with Crippen LogP contribution in [0.15, 0.2) is 4.99 Å². The Morgan fingerprint density at radius 3 is 2.76 bits per heavy atom. The molecule has 1 aliphatic heterocycles. The van der Waals surface area contributed by atoms with Gasteiger partial charge in [0.1, 0.15) is 0 Å². The third-order valence-electron chi connectivity index (χ3n) is 3.41. The number of rotatable bonds is 8. The average Bonchev–Trinajstić information content (AvgIpc) is 2.78. The summed E-state index contributed by atoms with van der Waals surface area (Å²) in [7, 11) is 1.71. The minimum Gasteiger partial charge on any atom is -0.355 e. The first kappa shape index (κ1) is 17.3. The molecule has 7 heteroatoms. The molecule has 1 unspecified atom stereocenters. The summed E-state index contributed by atoms with van der Waals surface area (Å²) >= 11 is 0. The zero-order valence-corrected chi connectivity index (χ0v) is 13.2. The fourth-order valence-corrected chi connectivity index (χ4v) is 2.17. The molecule has 120 valence electrons. The van der Waals surface area contributed by atoms with Crippen molar-refractivity contribution in [3.8, 4) is 0 Å². The van der Waals surface area contributed by atoms with E-state index in [0.29, 0.717) is 25.1 Å². The van der Waals surface area contributed by atoms with Crippen LogP contribution in [0.2, 0.25) is 0 Å². The zero-order chi connectivity index (χ0) is 15.7. The van der Waals surface area contributed by atoms with Gasteiger partial charge in [0, 0.05) is 26.2 Å². The Hall–Kier alpha value is -1.79. The number of guanidine groups is 1. The van der Waals surface area contributed by atoms with Gasteiger partial charge in [-0.25, -0.2) is 4.79 Å². The molecule has 1 aliphatic rings. The van der Waals surface area contributed by atoms with E-state index in [0.717, 1.165) is 6.42 Å². The van der Waals surface area contributed by atoms with E-state index in [1.165, 1.54) is 24.2 Å². The van der Waals surface area contributed by atoms with Gasteiger partial charge >= 0.3 is 6.03 Å². The smallest absolute Gasteiger partial charge is 0.324 e. The van der Waals surface area contributed by atoms with Gasteiger partial charge in [0.25, 0.3) is 0 Å². The SMILES string of the molecule is CCCCCC(C)NC(=NC)NCCN1C(=O)CNC1=O. The quantitative estimate of drug-likeness (QED) is 0.266. The van der Waals surface area contributed by atoms with E-state index in [9.17, 15) is 9.59 Å². The summed E-state index contributed by atoms with van der Waals surface area (Å²) in [6.45, 7) is 5.24. The average molecular weight is 297 g/mol. The van der Waals surface area contributed by atoms with Crippen molar-refractivity contribution >= 4 is 17.9 Å². The Balaban J connectivity index is 2.25. The molecule has 1 atom stereocenters. The molecular weight excluding hydrogens is 270 g/mol. The molecule has 1 saturated heterocycles. The van der Waals surface area contributed by atoms with Crippen molar-refractivity contribution < 1.29 is 9.59 Å². The highest BCUT2D eigenvalue weighted by atomic mass is 16.2. The number of hydrogen-bond donors (Lipinski definition) is 3. The molecule has 0 aromatic rings. The van der Waals surface area contributed by atoms with Crippen LogP contribution >= 0.6 is 0 Å². The highest BCUT2D eigenvalue weighted by Gasteiger charge is 2.27. The highest BCUT2D eigenvalue weighted by molar-refractivity contribution is 6.01. The van der Waals surface area contributed by atoms with Gasteiger partial charge in [-0.05, 0) is 13.3 Å². The molecule has 21 heavy (non-hydrogen) atoms. The lowest BCUT2D eigenvalue weighted by Crippen LogP contribution is -2.45. The molecular formula is C14H27N5O2. The second-order valence-corrected chi connectivity index (χ2v) is 5.24. The van der Waals surface area contributed by atoms with Crippen LogP contribution in [0.4, 0.5) is 4.79 Å². The van der Waals surface area contributed by atoms with E-state index in [1.54, 1.807) is 7.05 Å². The number of nitrogens with one attached hydrogen (secondary N) is 3. The van der Waals surface area contributed by atoms with Crippen molar-refractivity contribution in [3.05, 3.63) is 0 Å². The van der Waals surface area contributed by atoms with Crippen LogP contribution in [0.5, 0.6) is 0 Å².